The maximum atomic E-state index is 12.6. The van der Waals surface area contributed by atoms with Crippen molar-refractivity contribution in [2.45, 2.75) is 12.3 Å². The SMILES string of the molecule is CS(=O)(=O)N1C[C@H](C(=O)Nc2ccc(C(F)(F)F)cc2)Oc2ccc(Cl)cc21. The zero-order valence-electron chi connectivity index (χ0n) is 14.3. The van der Waals surface area contributed by atoms with Crippen molar-refractivity contribution < 1.29 is 31.1 Å². The number of nitrogens with one attached hydrogen (secondary N) is 1. The molecule has 6 nitrogen and oxygen atoms in total. The van der Waals surface area contributed by atoms with E-state index in [2.05, 4.69) is 5.32 Å². The second-order valence-corrected chi connectivity index (χ2v) is 8.42. The molecule has 0 spiro atoms. The predicted molar refractivity (Wildman–Crippen MR) is 98.1 cm³/mol. The van der Waals surface area contributed by atoms with E-state index < -0.39 is 33.8 Å². The summed E-state index contributed by atoms with van der Waals surface area (Å²) in [5.74, 6) is -0.553. The summed E-state index contributed by atoms with van der Waals surface area (Å²) in [6.07, 6.45) is -4.71. The van der Waals surface area contributed by atoms with Crippen LogP contribution in [0.15, 0.2) is 42.5 Å². The molecule has 0 radical (unpaired) electrons. The number of carbonyl (C=O) groups excluding carboxylic acids is 1. The molecule has 1 aliphatic rings. The van der Waals surface area contributed by atoms with E-state index in [4.69, 9.17) is 16.3 Å². The van der Waals surface area contributed by atoms with Gasteiger partial charge in [-0.2, -0.15) is 13.2 Å². The molecular formula is C17H14ClF3N2O4S. The Bertz CT molecular complexity index is 1010. The van der Waals surface area contributed by atoms with Gasteiger partial charge in [0.1, 0.15) is 5.75 Å². The molecule has 1 N–H and O–H groups in total. The number of fused-ring (bicyclic) bond motifs is 1. The fourth-order valence-corrected chi connectivity index (χ4v) is 3.71. The number of alkyl halides is 3. The third kappa shape index (κ3) is 4.33. The van der Waals surface area contributed by atoms with Gasteiger partial charge in [0, 0.05) is 10.7 Å². The molecular weight excluding hydrogens is 421 g/mol. The van der Waals surface area contributed by atoms with E-state index in [0.717, 1.165) is 34.8 Å². The maximum absolute atomic E-state index is 12.6. The van der Waals surface area contributed by atoms with Crippen molar-refractivity contribution in [1.82, 2.24) is 0 Å². The Morgan fingerprint density at radius 1 is 1.21 bits per heavy atom. The van der Waals surface area contributed by atoms with Crippen LogP contribution < -0.4 is 14.4 Å². The van der Waals surface area contributed by atoms with Crippen molar-refractivity contribution >= 4 is 38.9 Å². The lowest BCUT2D eigenvalue weighted by Crippen LogP contribution is -2.48. The first-order chi connectivity index (χ1) is 12.9. The lowest BCUT2D eigenvalue weighted by atomic mass is 10.2. The van der Waals surface area contributed by atoms with Gasteiger partial charge in [0.05, 0.1) is 24.1 Å². The van der Waals surface area contributed by atoms with Gasteiger partial charge >= 0.3 is 6.18 Å². The number of rotatable bonds is 3. The van der Waals surface area contributed by atoms with Crippen molar-refractivity contribution in [2.75, 3.05) is 22.4 Å². The van der Waals surface area contributed by atoms with Crippen LogP contribution >= 0.6 is 11.6 Å². The third-order valence-electron chi connectivity index (χ3n) is 3.96. The van der Waals surface area contributed by atoms with Crippen LogP contribution in [0.25, 0.3) is 0 Å². The summed E-state index contributed by atoms with van der Waals surface area (Å²) in [6, 6.07) is 8.19. The van der Waals surface area contributed by atoms with E-state index in [1.54, 1.807) is 0 Å². The molecule has 1 atom stereocenters. The Hall–Kier alpha value is -2.46. The standard InChI is InChI=1S/C17H14ClF3N2O4S/c1-28(25,26)23-9-15(27-14-7-4-11(18)8-13(14)23)16(24)22-12-5-2-10(3-6-12)17(19,20)21/h2-8,15H,9H2,1H3,(H,22,24)/t15-/m1/s1. The minimum atomic E-state index is -4.49. The lowest BCUT2D eigenvalue weighted by Gasteiger charge is -2.34. The van der Waals surface area contributed by atoms with Gasteiger partial charge in [-0.15, -0.1) is 0 Å². The fourth-order valence-electron chi connectivity index (χ4n) is 2.64. The number of halogens is 4. The molecule has 11 heteroatoms. The van der Waals surface area contributed by atoms with Crippen LogP contribution in [0.5, 0.6) is 5.75 Å². The minimum Gasteiger partial charge on any atom is -0.476 e. The monoisotopic (exact) mass is 434 g/mol. The molecule has 3 rings (SSSR count). The molecule has 0 aromatic heterocycles. The van der Waals surface area contributed by atoms with E-state index in [-0.39, 0.29) is 23.7 Å². The molecule has 1 amide bonds. The predicted octanol–water partition coefficient (Wildman–Crippen LogP) is 3.52. The van der Waals surface area contributed by atoms with Crippen LogP contribution in [0.4, 0.5) is 24.5 Å². The number of amides is 1. The van der Waals surface area contributed by atoms with Crippen LogP contribution in [0.1, 0.15) is 5.56 Å². The molecule has 1 heterocycles. The third-order valence-corrected chi connectivity index (χ3v) is 5.34. The quantitative estimate of drug-likeness (QED) is 0.802. The Balaban J connectivity index is 1.82. The summed E-state index contributed by atoms with van der Waals surface area (Å²) >= 11 is 5.91. The van der Waals surface area contributed by atoms with Crippen molar-refractivity contribution in [3.8, 4) is 5.75 Å². The van der Waals surface area contributed by atoms with Crippen LogP contribution in [-0.4, -0.2) is 33.2 Å². The normalized spacial score (nSPS) is 16.9. The maximum Gasteiger partial charge on any atom is 0.416 e. The number of benzene rings is 2. The van der Waals surface area contributed by atoms with Gasteiger partial charge in [-0.25, -0.2) is 8.42 Å². The molecule has 0 fully saturated rings. The van der Waals surface area contributed by atoms with E-state index in [1.165, 1.54) is 18.2 Å². The summed E-state index contributed by atoms with van der Waals surface area (Å²) in [7, 11) is -3.73. The van der Waals surface area contributed by atoms with Gasteiger partial charge in [0.2, 0.25) is 10.0 Å². The highest BCUT2D eigenvalue weighted by Gasteiger charge is 2.35. The topological polar surface area (TPSA) is 75.7 Å². The zero-order valence-corrected chi connectivity index (χ0v) is 15.9. The average Bonchev–Trinajstić information content (AvgIpc) is 2.59. The second kappa shape index (κ2) is 7.17. The lowest BCUT2D eigenvalue weighted by molar-refractivity contribution is -0.137. The molecule has 2 aromatic rings. The van der Waals surface area contributed by atoms with Gasteiger partial charge < -0.3 is 10.1 Å². The number of carbonyl (C=O) groups is 1. The van der Waals surface area contributed by atoms with Crippen LogP contribution in [0, 0.1) is 0 Å². The van der Waals surface area contributed by atoms with Crippen molar-refractivity contribution in [2.24, 2.45) is 0 Å². The fraction of sp³-hybridized carbons (Fsp3) is 0.235. The van der Waals surface area contributed by atoms with Crippen LogP contribution in [0.2, 0.25) is 5.02 Å². The van der Waals surface area contributed by atoms with Gasteiger partial charge in [-0.1, -0.05) is 11.6 Å². The molecule has 28 heavy (non-hydrogen) atoms. The minimum absolute atomic E-state index is 0.120. The van der Waals surface area contributed by atoms with E-state index in [1.807, 2.05) is 0 Å². The summed E-state index contributed by atoms with van der Waals surface area (Å²) in [5.41, 5.74) is -0.531. The Labute approximate surface area is 163 Å². The molecule has 0 unspecified atom stereocenters. The molecule has 0 bridgehead atoms. The summed E-state index contributed by atoms with van der Waals surface area (Å²) < 4.78 is 68.6. The first-order valence-corrected chi connectivity index (χ1v) is 10.1. The van der Waals surface area contributed by atoms with Gasteiger partial charge in [-0.05, 0) is 42.5 Å². The summed E-state index contributed by atoms with van der Waals surface area (Å²) in [6.45, 7) is -0.307. The number of hydrogen-bond donors (Lipinski definition) is 1. The number of nitrogens with zero attached hydrogens (tertiary/aromatic N) is 1. The average molecular weight is 435 g/mol. The van der Waals surface area contributed by atoms with Crippen molar-refractivity contribution in [3.05, 3.63) is 53.1 Å². The first kappa shape index (κ1) is 20.3. The van der Waals surface area contributed by atoms with Crippen LogP contribution in [-0.2, 0) is 21.0 Å². The molecule has 1 aliphatic heterocycles. The molecule has 150 valence electrons. The van der Waals surface area contributed by atoms with Crippen molar-refractivity contribution in [3.63, 3.8) is 0 Å². The molecule has 0 saturated heterocycles. The zero-order chi connectivity index (χ0) is 20.7. The Kier molecular flexibility index (Phi) is 5.20. The van der Waals surface area contributed by atoms with Gasteiger partial charge in [0.25, 0.3) is 5.91 Å². The number of sulfonamides is 1. The van der Waals surface area contributed by atoms with Crippen LogP contribution in [0.3, 0.4) is 0 Å². The van der Waals surface area contributed by atoms with E-state index >= 15 is 0 Å². The first-order valence-electron chi connectivity index (χ1n) is 7.87. The molecule has 0 saturated carbocycles. The van der Waals surface area contributed by atoms with Gasteiger partial charge in [-0.3, -0.25) is 9.10 Å². The Morgan fingerprint density at radius 2 is 1.86 bits per heavy atom. The number of anilines is 2. The summed E-state index contributed by atoms with van der Waals surface area (Å²) in [5, 5.41) is 2.72. The van der Waals surface area contributed by atoms with E-state index in [9.17, 15) is 26.4 Å². The van der Waals surface area contributed by atoms with E-state index in [0.29, 0.717) is 5.02 Å². The van der Waals surface area contributed by atoms with Crippen molar-refractivity contribution in [1.29, 1.82) is 0 Å². The molecule has 2 aromatic carbocycles. The smallest absolute Gasteiger partial charge is 0.416 e. The highest BCUT2D eigenvalue weighted by Crippen LogP contribution is 2.37. The highest BCUT2D eigenvalue weighted by molar-refractivity contribution is 7.92. The molecule has 0 aliphatic carbocycles. The Morgan fingerprint density at radius 3 is 2.43 bits per heavy atom. The van der Waals surface area contributed by atoms with Gasteiger partial charge in [0.15, 0.2) is 6.10 Å². The number of ether oxygens (including phenoxy) is 1. The number of hydrogen-bond acceptors (Lipinski definition) is 4. The highest BCUT2D eigenvalue weighted by atomic mass is 35.5. The second-order valence-electron chi connectivity index (χ2n) is 6.08. The largest absolute Gasteiger partial charge is 0.476 e. The summed E-state index contributed by atoms with van der Waals surface area (Å²) in [4.78, 5) is 12.5.